The topological polar surface area (TPSA) is 62.6 Å². The molecule has 5 heteroatoms. The first-order valence-electron chi connectivity index (χ1n) is 9.98. The predicted molar refractivity (Wildman–Crippen MR) is 107 cm³/mol. The zero-order chi connectivity index (χ0) is 18.6. The number of nitrogens with zero attached hydrogens (tertiary/aromatic N) is 1. The molecule has 0 bridgehead atoms. The molecule has 0 aliphatic carbocycles. The molecule has 0 spiro atoms. The van der Waals surface area contributed by atoms with Gasteiger partial charge in [0.05, 0.1) is 17.9 Å². The number of hydrogen-bond acceptors (Lipinski definition) is 4. The van der Waals surface area contributed by atoms with Crippen LogP contribution < -0.4 is 29.6 Å². The van der Waals surface area contributed by atoms with Crippen molar-refractivity contribution in [2.24, 2.45) is 0 Å². The van der Waals surface area contributed by atoms with Crippen LogP contribution in [-0.4, -0.2) is 33.7 Å². The van der Waals surface area contributed by atoms with Crippen LogP contribution in [0.25, 0.3) is 6.08 Å². The molecule has 0 amide bonds. The molecule has 2 rings (SSSR count). The molecule has 3 atom stereocenters. The average Bonchev–Trinajstić information content (AvgIpc) is 2.63. The third-order valence-corrected chi connectivity index (χ3v) is 4.60. The van der Waals surface area contributed by atoms with Crippen LogP contribution in [0.1, 0.15) is 71.1 Å². The van der Waals surface area contributed by atoms with Crippen molar-refractivity contribution in [3.05, 3.63) is 47.8 Å². The zero-order valence-electron chi connectivity index (χ0n) is 17.9. The van der Waals surface area contributed by atoms with E-state index in [-0.39, 0.29) is 37.1 Å². The quantitative estimate of drug-likeness (QED) is 0.365. The molecule has 1 aromatic rings. The van der Waals surface area contributed by atoms with E-state index in [2.05, 4.69) is 24.1 Å². The van der Waals surface area contributed by atoms with E-state index in [1.54, 1.807) is 6.08 Å². The van der Waals surface area contributed by atoms with Crippen LogP contribution in [0.5, 0.6) is 0 Å². The maximum atomic E-state index is 10.1. The number of pyridine rings is 1. The summed E-state index contributed by atoms with van der Waals surface area (Å²) in [6, 6.07) is 5.89. The van der Waals surface area contributed by atoms with Crippen molar-refractivity contribution < 1.29 is 45.9 Å². The molecule has 3 unspecified atom stereocenters. The van der Waals surface area contributed by atoms with Crippen LogP contribution >= 0.6 is 0 Å². The summed E-state index contributed by atoms with van der Waals surface area (Å²) in [6.45, 7) is 2.20. The van der Waals surface area contributed by atoms with Crippen LogP contribution in [0.2, 0.25) is 0 Å². The Morgan fingerprint density at radius 1 is 1.30 bits per heavy atom. The number of hydrogen-bond donors (Lipinski definition) is 2. The van der Waals surface area contributed by atoms with Gasteiger partial charge in [0.15, 0.2) is 6.29 Å². The van der Waals surface area contributed by atoms with Crippen LogP contribution in [0.3, 0.4) is 0 Å². The molecule has 0 aromatic carbocycles. The Morgan fingerprint density at radius 2 is 2.15 bits per heavy atom. The summed E-state index contributed by atoms with van der Waals surface area (Å²) in [5, 5.41) is 19.7. The number of aliphatic hydroxyl groups is 2. The number of aromatic nitrogens is 1. The van der Waals surface area contributed by atoms with Gasteiger partial charge >= 0.3 is 29.6 Å². The predicted octanol–water partition coefficient (Wildman–Crippen LogP) is 1.53. The largest absolute Gasteiger partial charge is 1.00 e. The van der Waals surface area contributed by atoms with Gasteiger partial charge in [0.1, 0.15) is 0 Å². The fourth-order valence-electron chi connectivity index (χ4n) is 3.12. The number of allylic oxidation sites excluding steroid dienone is 1. The van der Waals surface area contributed by atoms with Gasteiger partial charge < -0.3 is 16.4 Å². The maximum absolute atomic E-state index is 10.1. The monoisotopic (exact) mass is 383 g/mol. The van der Waals surface area contributed by atoms with E-state index < -0.39 is 12.4 Å². The molecule has 146 valence electrons. The Labute approximate surface area is 187 Å². The van der Waals surface area contributed by atoms with Crippen molar-refractivity contribution in [1.29, 1.82) is 0 Å². The first kappa shape index (κ1) is 24.5. The number of ether oxygens (including phenoxy) is 1. The molecule has 1 aliphatic rings. The molecule has 0 radical (unpaired) electrons. The molecule has 1 fully saturated rings. The van der Waals surface area contributed by atoms with Gasteiger partial charge in [0, 0.05) is 12.1 Å². The standard InChI is InChI=1S/C22H33NO3.Na.H/c1-2-3-4-5-6-7-12-20(24)16-15-18-10-8-11-19(23-18)17-21-13-9-14-22(25)26-21;;/h6-8,10-11,15-16,20-22,24-25H,2-5,9,12-14,17H2,1H3;;/q;+1;-1. The second-order valence-corrected chi connectivity index (χ2v) is 7.03. The smallest absolute Gasteiger partial charge is 1.00 e. The number of unbranched alkanes of at least 4 members (excludes halogenated alkanes) is 3. The second-order valence-electron chi connectivity index (χ2n) is 7.03. The van der Waals surface area contributed by atoms with Gasteiger partial charge in [0.25, 0.3) is 0 Å². The van der Waals surface area contributed by atoms with E-state index in [4.69, 9.17) is 4.74 Å². The fourth-order valence-corrected chi connectivity index (χ4v) is 3.12. The van der Waals surface area contributed by atoms with E-state index in [1.165, 1.54) is 19.3 Å². The summed E-state index contributed by atoms with van der Waals surface area (Å²) in [5.74, 6) is 0. The van der Waals surface area contributed by atoms with Gasteiger partial charge in [-0.3, -0.25) is 4.98 Å². The van der Waals surface area contributed by atoms with Crippen LogP contribution in [0.4, 0.5) is 0 Å². The Bertz CT molecular complexity index is 583. The van der Waals surface area contributed by atoms with Crippen molar-refractivity contribution in [3.8, 4) is 0 Å². The van der Waals surface area contributed by atoms with Crippen molar-refractivity contribution >= 4 is 6.08 Å². The van der Waals surface area contributed by atoms with Gasteiger partial charge in [-0.15, -0.1) is 0 Å². The van der Waals surface area contributed by atoms with Crippen LogP contribution in [0.15, 0.2) is 36.4 Å². The Morgan fingerprint density at radius 3 is 2.93 bits per heavy atom. The summed E-state index contributed by atoms with van der Waals surface area (Å²) < 4.78 is 5.56. The van der Waals surface area contributed by atoms with E-state index in [0.717, 1.165) is 37.1 Å². The van der Waals surface area contributed by atoms with Crippen molar-refractivity contribution in [3.63, 3.8) is 0 Å². The summed E-state index contributed by atoms with van der Waals surface area (Å²) in [4.78, 5) is 4.62. The minimum atomic E-state index is -0.637. The van der Waals surface area contributed by atoms with Gasteiger partial charge in [0.2, 0.25) is 0 Å². The average molecular weight is 384 g/mol. The fraction of sp³-hybridized carbons (Fsp3) is 0.591. The van der Waals surface area contributed by atoms with Crippen molar-refractivity contribution in [2.45, 2.75) is 83.2 Å². The third-order valence-electron chi connectivity index (χ3n) is 4.60. The number of aliphatic hydroxyl groups excluding tert-OH is 2. The molecule has 1 aliphatic heterocycles. The summed E-state index contributed by atoms with van der Waals surface area (Å²) in [7, 11) is 0. The van der Waals surface area contributed by atoms with Gasteiger partial charge in [-0.1, -0.05) is 44.1 Å². The second kappa shape index (κ2) is 14.5. The van der Waals surface area contributed by atoms with Crippen LogP contribution in [0, 0.1) is 0 Å². The summed E-state index contributed by atoms with van der Waals surface area (Å²) in [6.07, 6.45) is 15.6. The zero-order valence-corrected chi connectivity index (χ0v) is 18.9. The molecule has 27 heavy (non-hydrogen) atoms. The SMILES string of the molecule is CCCCCC=CCC(O)C=Cc1cccc(CC2CCCC(O)O2)n1.[H-].[Na+]. The molecule has 2 N–H and O–H groups in total. The molecular formula is C22H34NNaO3. The Kier molecular flexibility index (Phi) is 13.2. The van der Waals surface area contributed by atoms with Gasteiger partial charge in [-0.05, 0) is 56.7 Å². The minimum absolute atomic E-state index is 0. The van der Waals surface area contributed by atoms with Crippen molar-refractivity contribution in [1.82, 2.24) is 4.98 Å². The van der Waals surface area contributed by atoms with Gasteiger partial charge in [-0.25, -0.2) is 0 Å². The molecule has 1 aromatic heterocycles. The third kappa shape index (κ3) is 10.6. The Balaban J connectivity index is 0.00000364. The first-order valence-corrected chi connectivity index (χ1v) is 9.98. The van der Waals surface area contributed by atoms with E-state index >= 15 is 0 Å². The normalized spacial score (nSPS) is 21.4. The molecule has 4 nitrogen and oxygen atoms in total. The van der Waals surface area contributed by atoms with E-state index in [0.29, 0.717) is 12.8 Å². The first-order chi connectivity index (χ1) is 12.7. The summed E-state index contributed by atoms with van der Waals surface area (Å²) >= 11 is 0. The van der Waals surface area contributed by atoms with E-state index in [1.807, 2.05) is 24.3 Å². The molecule has 1 saturated heterocycles. The summed E-state index contributed by atoms with van der Waals surface area (Å²) in [5.41, 5.74) is 1.79. The maximum Gasteiger partial charge on any atom is 1.00 e. The Hall–Kier alpha value is -0.490. The van der Waals surface area contributed by atoms with Gasteiger partial charge in [-0.2, -0.15) is 0 Å². The molecule has 0 saturated carbocycles. The number of rotatable bonds is 10. The van der Waals surface area contributed by atoms with E-state index in [9.17, 15) is 10.2 Å². The molecule has 2 heterocycles. The van der Waals surface area contributed by atoms with Crippen molar-refractivity contribution in [2.75, 3.05) is 0 Å². The van der Waals surface area contributed by atoms with Crippen LogP contribution in [-0.2, 0) is 11.2 Å². The minimum Gasteiger partial charge on any atom is -1.00 e. The molecular weight excluding hydrogens is 349 g/mol.